The number of morpholine rings is 1. The van der Waals surface area contributed by atoms with E-state index >= 15 is 0 Å². The highest BCUT2D eigenvalue weighted by Crippen LogP contribution is 2.22. The summed E-state index contributed by atoms with van der Waals surface area (Å²) in [6.07, 6.45) is 0. The van der Waals surface area contributed by atoms with E-state index in [2.05, 4.69) is 5.32 Å². The molecule has 0 aliphatic carbocycles. The minimum atomic E-state index is -0.300. The van der Waals surface area contributed by atoms with Gasteiger partial charge in [-0.1, -0.05) is 60.7 Å². The molecule has 0 spiro atoms. The molecule has 2 amide bonds. The van der Waals surface area contributed by atoms with Crippen LogP contribution in [0.25, 0.3) is 0 Å². The normalized spacial score (nSPS) is 17.8. The number of rotatable bonds is 4. The monoisotopic (exact) mass is 326 g/mol. The summed E-state index contributed by atoms with van der Waals surface area (Å²) < 4.78 is 5.35. The maximum absolute atomic E-state index is 12.8. The van der Waals surface area contributed by atoms with Crippen molar-refractivity contribution in [2.45, 2.75) is 12.1 Å². The van der Waals surface area contributed by atoms with Gasteiger partial charge in [0.1, 0.15) is 0 Å². The molecule has 2 N–H and O–H groups in total. The van der Waals surface area contributed by atoms with Gasteiger partial charge in [0, 0.05) is 6.54 Å². The van der Waals surface area contributed by atoms with Crippen LogP contribution < -0.4 is 5.32 Å². The van der Waals surface area contributed by atoms with Gasteiger partial charge in [-0.15, -0.1) is 0 Å². The average molecular weight is 326 g/mol. The van der Waals surface area contributed by atoms with Crippen LogP contribution in [0.3, 0.4) is 0 Å². The van der Waals surface area contributed by atoms with Crippen molar-refractivity contribution in [1.29, 1.82) is 0 Å². The molecule has 0 saturated carbocycles. The molecule has 1 atom stereocenters. The third kappa shape index (κ3) is 3.75. The molecule has 126 valence electrons. The zero-order valence-electron chi connectivity index (χ0n) is 13.5. The highest BCUT2D eigenvalue weighted by molar-refractivity contribution is 5.76. The van der Waals surface area contributed by atoms with E-state index in [1.807, 2.05) is 60.7 Å². The van der Waals surface area contributed by atoms with Crippen molar-refractivity contribution < 1.29 is 14.6 Å². The number of benzene rings is 2. The predicted octanol–water partition coefficient (Wildman–Crippen LogP) is 2.18. The van der Waals surface area contributed by atoms with Gasteiger partial charge >= 0.3 is 6.03 Å². The molecule has 2 aromatic rings. The molecule has 0 aromatic heterocycles. The Morgan fingerprint density at radius 2 is 1.71 bits per heavy atom. The van der Waals surface area contributed by atoms with Crippen LogP contribution in [-0.2, 0) is 4.74 Å². The number of aliphatic hydroxyl groups excluding tert-OH is 1. The molecule has 5 nitrogen and oxygen atoms in total. The summed E-state index contributed by atoms with van der Waals surface area (Å²) >= 11 is 0. The van der Waals surface area contributed by atoms with Crippen molar-refractivity contribution in [1.82, 2.24) is 10.2 Å². The number of carbonyl (C=O) groups is 1. The van der Waals surface area contributed by atoms with Crippen LogP contribution in [-0.4, -0.2) is 48.4 Å². The number of nitrogens with one attached hydrogen (secondary N) is 1. The predicted molar refractivity (Wildman–Crippen MR) is 91.7 cm³/mol. The first-order valence-electron chi connectivity index (χ1n) is 8.15. The molecular formula is C19H22N2O3. The topological polar surface area (TPSA) is 61.8 Å². The molecule has 1 aliphatic heterocycles. The zero-order chi connectivity index (χ0) is 16.8. The van der Waals surface area contributed by atoms with E-state index in [0.717, 1.165) is 11.1 Å². The van der Waals surface area contributed by atoms with Gasteiger partial charge in [0.15, 0.2) is 0 Å². The minimum Gasteiger partial charge on any atom is -0.394 e. The maximum atomic E-state index is 12.8. The van der Waals surface area contributed by atoms with E-state index in [4.69, 9.17) is 4.74 Å². The van der Waals surface area contributed by atoms with Crippen molar-refractivity contribution in [3.63, 3.8) is 0 Å². The van der Waals surface area contributed by atoms with Crippen LogP contribution in [0.15, 0.2) is 60.7 Å². The van der Waals surface area contributed by atoms with Crippen molar-refractivity contribution in [2.75, 3.05) is 26.4 Å². The van der Waals surface area contributed by atoms with Crippen molar-refractivity contribution in [3.8, 4) is 0 Å². The highest BCUT2D eigenvalue weighted by atomic mass is 16.5. The Kier molecular flexibility index (Phi) is 5.46. The Bertz CT molecular complexity index is 609. The van der Waals surface area contributed by atoms with E-state index in [9.17, 15) is 9.90 Å². The smallest absolute Gasteiger partial charge is 0.318 e. The second-order valence-corrected chi connectivity index (χ2v) is 5.81. The van der Waals surface area contributed by atoms with E-state index in [1.54, 1.807) is 4.90 Å². The second-order valence-electron chi connectivity index (χ2n) is 5.81. The summed E-state index contributed by atoms with van der Waals surface area (Å²) in [7, 11) is 0. The van der Waals surface area contributed by atoms with Gasteiger partial charge in [0.2, 0.25) is 0 Å². The number of aliphatic hydroxyl groups is 1. The van der Waals surface area contributed by atoms with Crippen molar-refractivity contribution in [2.24, 2.45) is 0 Å². The first-order chi connectivity index (χ1) is 11.8. The lowest BCUT2D eigenvalue weighted by atomic mass is 9.99. The molecule has 0 radical (unpaired) electrons. The van der Waals surface area contributed by atoms with Gasteiger partial charge in [-0.05, 0) is 11.1 Å². The average Bonchev–Trinajstić information content (AvgIpc) is 2.67. The molecule has 1 unspecified atom stereocenters. The van der Waals surface area contributed by atoms with Gasteiger partial charge in [0.25, 0.3) is 0 Å². The van der Waals surface area contributed by atoms with Crippen LogP contribution >= 0.6 is 0 Å². The summed E-state index contributed by atoms with van der Waals surface area (Å²) in [5.74, 6) is 0. The molecule has 1 aliphatic rings. The third-order valence-electron chi connectivity index (χ3n) is 4.23. The number of carbonyl (C=O) groups excluding carboxylic acids is 1. The van der Waals surface area contributed by atoms with E-state index in [0.29, 0.717) is 19.8 Å². The molecule has 24 heavy (non-hydrogen) atoms. The Labute approximate surface area is 141 Å². The molecular weight excluding hydrogens is 304 g/mol. The second kappa shape index (κ2) is 7.95. The summed E-state index contributed by atoms with van der Waals surface area (Å²) in [6.45, 7) is 1.23. The summed E-state index contributed by atoms with van der Waals surface area (Å²) in [5.41, 5.74) is 2.04. The molecule has 0 bridgehead atoms. The Hall–Kier alpha value is -2.37. The Balaban J connectivity index is 1.83. The van der Waals surface area contributed by atoms with E-state index in [-0.39, 0.29) is 24.7 Å². The van der Waals surface area contributed by atoms with Crippen molar-refractivity contribution >= 4 is 6.03 Å². The standard InChI is InChI=1S/C19H22N2O3/c22-13-17-14-24-12-11-21(17)19(23)20-18(15-7-3-1-4-8-15)16-9-5-2-6-10-16/h1-10,17-18,22H,11-14H2,(H,20,23). The number of ether oxygens (including phenoxy) is 1. The number of hydrogen-bond acceptors (Lipinski definition) is 3. The molecule has 1 heterocycles. The fourth-order valence-corrected chi connectivity index (χ4v) is 2.93. The molecule has 2 aromatic carbocycles. The van der Waals surface area contributed by atoms with Gasteiger partial charge < -0.3 is 20.1 Å². The molecule has 1 fully saturated rings. The van der Waals surface area contributed by atoms with Crippen molar-refractivity contribution in [3.05, 3.63) is 71.8 Å². The summed E-state index contributed by atoms with van der Waals surface area (Å²) in [5, 5.41) is 12.6. The van der Waals surface area contributed by atoms with Gasteiger partial charge in [0.05, 0.1) is 31.9 Å². The Morgan fingerprint density at radius 3 is 2.25 bits per heavy atom. The van der Waals surface area contributed by atoms with Crippen LogP contribution in [0.5, 0.6) is 0 Å². The van der Waals surface area contributed by atoms with E-state index < -0.39 is 0 Å². The summed E-state index contributed by atoms with van der Waals surface area (Å²) in [6, 6.07) is 19.0. The molecule has 5 heteroatoms. The van der Waals surface area contributed by atoms with Gasteiger partial charge in [-0.2, -0.15) is 0 Å². The van der Waals surface area contributed by atoms with Crippen LogP contribution in [0.2, 0.25) is 0 Å². The zero-order valence-corrected chi connectivity index (χ0v) is 13.5. The number of nitrogens with zero attached hydrogens (tertiary/aromatic N) is 1. The molecule has 1 saturated heterocycles. The minimum absolute atomic E-state index is 0.102. The SMILES string of the molecule is O=C(NC(c1ccccc1)c1ccccc1)N1CCOCC1CO. The number of urea groups is 1. The van der Waals surface area contributed by atoms with Crippen LogP contribution in [0.1, 0.15) is 17.2 Å². The van der Waals surface area contributed by atoms with Crippen LogP contribution in [0, 0.1) is 0 Å². The lowest BCUT2D eigenvalue weighted by molar-refractivity contribution is -0.00793. The lowest BCUT2D eigenvalue weighted by Crippen LogP contribution is -2.54. The molecule has 3 rings (SSSR count). The quantitative estimate of drug-likeness (QED) is 0.905. The largest absolute Gasteiger partial charge is 0.394 e. The highest BCUT2D eigenvalue weighted by Gasteiger charge is 2.28. The maximum Gasteiger partial charge on any atom is 0.318 e. The summed E-state index contributed by atoms with van der Waals surface area (Å²) in [4.78, 5) is 14.4. The van der Waals surface area contributed by atoms with Crippen LogP contribution in [0.4, 0.5) is 4.79 Å². The fourth-order valence-electron chi connectivity index (χ4n) is 2.93. The number of amides is 2. The van der Waals surface area contributed by atoms with Gasteiger partial charge in [-0.25, -0.2) is 4.79 Å². The lowest BCUT2D eigenvalue weighted by Gasteiger charge is -2.35. The third-order valence-corrected chi connectivity index (χ3v) is 4.23. The Morgan fingerprint density at radius 1 is 1.12 bits per heavy atom. The van der Waals surface area contributed by atoms with E-state index in [1.165, 1.54) is 0 Å². The number of hydrogen-bond donors (Lipinski definition) is 2. The first kappa shape index (κ1) is 16.5. The van der Waals surface area contributed by atoms with Gasteiger partial charge in [-0.3, -0.25) is 0 Å². The first-order valence-corrected chi connectivity index (χ1v) is 8.15. The fraction of sp³-hybridized carbons (Fsp3) is 0.316.